The molecule has 44 heavy (non-hydrogen) atoms. The topological polar surface area (TPSA) is 276 Å². The van der Waals surface area contributed by atoms with Gasteiger partial charge in [-0.2, -0.15) is 0 Å². The average molecular weight is 755 g/mol. The fourth-order valence-electron chi connectivity index (χ4n) is 3.59. The van der Waals surface area contributed by atoms with Crippen molar-refractivity contribution >= 4 is 0 Å². The number of hydrogen-bond acceptors (Lipinski definition) is 14. The summed E-state index contributed by atoms with van der Waals surface area (Å²) in [5.74, 6) is 0. The Morgan fingerprint density at radius 2 is 0.636 bits per heavy atom. The number of nitrogens with zero attached hydrogens (tertiary/aromatic N) is 6. The molecule has 0 aromatic carbocycles. The second kappa shape index (κ2) is 22.2. The molecular weight excluding hydrogens is 724 g/mol. The Morgan fingerprint density at radius 1 is 0.432 bits per heavy atom. The van der Waals surface area contributed by atoms with Crippen molar-refractivity contribution in [2.75, 3.05) is 13.1 Å². The molecule has 4 rings (SSSR count). The van der Waals surface area contributed by atoms with Gasteiger partial charge in [0, 0.05) is 64.1 Å². The van der Waals surface area contributed by atoms with Crippen molar-refractivity contribution in [1.29, 1.82) is 0 Å². The molecule has 0 fully saturated rings. The molecule has 0 atom stereocenters. The van der Waals surface area contributed by atoms with Gasteiger partial charge in [-0.15, -0.1) is 20.5 Å². The summed E-state index contributed by atoms with van der Waals surface area (Å²) in [6.07, 6.45) is 7.40. The Hall–Kier alpha value is -2.34. The Bertz CT molecular complexity index is 1060. The maximum atomic E-state index is 8.49. The van der Waals surface area contributed by atoms with Gasteiger partial charge in [0.15, 0.2) is 0 Å². The maximum absolute atomic E-state index is 8.49. The van der Waals surface area contributed by atoms with E-state index in [-0.39, 0.29) is 32.8 Å². The molecule has 0 radical (unpaired) electrons. The van der Waals surface area contributed by atoms with Gasteiger partial charge in [0.2, 0.25) is 0 Å². The van der Waals surface area contributed by atoms with Gasteiger partial charge in [0.25, 0.3) is 0 Å². The van der Waals surface area contributed by atoms with Crippen molar-refractivity contribution in [3.8, 4) is 0 Å². The molecule has 0 aliphatic heterocycles. The number of aromatic nitrogens is 4. The second-order valence-corrected chi connectivity index (χ2v) is 9.97. The van der Waals surface area contributed by atoms with Crippen molar-refractivity contribution in [2.24, 2.45) is 0 Å². The molecule has 0 amide bonds. The van der Waals surface area contributed by atoms with Crippen LogP contribution in [-0.4, -0.2) is 42.8 Å². The van der Waals surface area contributed by atoms with Crippen LogP contribution in [0, 0.1) is 20.5 Å². The molecule has 0 aliphatic rings. The predicted molar refractivity (Wildman–Crippen MR) is 130 cm³/mol. The van der Waals surface area contributed by atoms with Crippen molar-refractivity contribution in [1.82, 2.24) is 29.7 Å². The molecule has 0 saturated carbocycles. The summed E-state index contributed by atoms with van der Waals surface area (Å²) in [6.45, 7) is 4.87. The molecule has 0 spiro atoms. The molecule has 4 aromatic rings. The van der Waals surface area contributed by atoms with Crippen LogP contribution in [0.25, 0.3) is 0 Å². The van der Waals surface area contributed by atoms with Gasteiger partial charge in [-0.05, 0) is 48.5 Å². The summed E-state index contributed by atoms with van der Waals surface area (Å²) in [6, 6.07) is 24.3. The molecular formula is C26H31CdCl2N6O9+. The number of halogens is 2. The number of hydrogen-bond donors (Lipinski definition) is 0. The zero-order valence-electron chi connectivity index (χ0n) is 23.5. The standard InChI is InChI=1S/C26H28N6.Cd.2ClHO4.H2O/c1-5-13-27-23(9-1)19-31(20-24-10-2-6-14-28-24)17-18-32(21-25-11-3-7-15-29-25)22-26-12-4-8-16-30-26;;2*2-1(3,4)5;/h1-16H,17-22H2;;2*(H,2,3,4,5);1H2/q;+2;;;/p-1. The van der Waals surface area contributed by atoms with Crippen molar-refractivity contribution < 1.29 is 90.5 Å². The summed E-state index contributed by atoms with van der Waals surface area (Å²) in [5, 5.41) is 0. The number of pyridine rings is 4. The first-order chi connectivity index (χ1) is 19.8. The smallest absolute Gasteiger partial charge is 0.457 e. The fraction of sp³-hybridized carbons (Fsp3) is 0.231. The van der Waals surface area contributed by atoms with Gasteiger partial charge in [-0.1, -0.05) is 24.3 Å². The SMILES string of the molecule is [Cd+2].[O-][Cl+3]([O-])([O-])[O-].[O-][Cl+3]([O-])([O-])[O-].[OH3+].c1ccc(CN(CCN(Cc2ccccn2)Cc2ccccn2)Cc2ccccn2)nc1. The minimum Gasteiger partial charge on any atom is -0.457 e. The molecule has 18 heteroatoms. The zero-order valence-corrected chi connectivity index (χ0v) is 29.0. The van der Waals surface area contributed by atoms with Crippen LogP contribution >= 0.6 is 0 Å². The first-order valence-electron chi connectivity index (χ1n) is 12.1. The third-order valence-corrected chi connectivity index (χ3v) is 5.18. The van der Waals surface area contributed by atoms with E-state index in [9.17, 15) is 0 Å². The average Bonchev–Trinajstić information content (AvgIpc) is 2.92. The predicted octanol–water partition coefficient (Wildman–Crippen LogP) is -6.47. The second-order valence-electron chi connectivity index (χ2n) is 8.46. The van der Waals surface area contributed by atoms with Gasteiger partial charge >= 0.3 is 27.3 Å². The van der Waals surface area contributed by atoms with Crippen molar-refractivity contribution in [3.63, 3.8) is 0 Å². The van der Waals surface area contributed by atoms with E-state index in [4.69, 9.17) is 37.3 Å². The van der Waals surface area contributed by atoms with E-state index in [1.54, 1.807) is 0 Å². The summed E-state index contributed by atoms with van der Waals surface area (Å²) in [5.41, 5.74) is 4.24. The fourth-order valence-corrected chi connectivity index (χ4v) is 3.59. The molecule has 4 heterocycles. The van der Waals surface area contributed by atoms with E-state index >= 15 is 0 Å². The Balaban J connectivity index is 0.00000134. The first-order valence-corrected chi connectivity index (χ1v) is 14.6. The van der Waals surface area contributed by atoms with Gasteiger partial charge in [0.1, 0.15) is 0 Å². The third-order valence-electron chi connectivity index (χ3n) is 5.18. The van der Waals surface area contributed by atoms with Crippen LogP contribution in [-0.2, 0) is 59.0 Å². The van der Waals surface area contributed by atoms with Gasteiger partial charge in [-0.25, -0.2) is 37.3 Å². The van der Waals surface area contributed by atoms with Crippen molar-refractivity contribution in [3.05, 3.63) is 120 Å². The summed E-state index contributed by atoms with van der Waals surface area (Å²) in [4.78, 5) is 22.9. The van der Waals surface area contributed by atoms with Crippen LogP contribution < -0.4 is 37.3 Å². The molecule has 0 saturated heterocycles. The molecule has 0 bridgehead atoms. The van der Waals surface area contributed by atoms with Crippen LogP contribution in [0.5, 0.6) is 0 Å². The van der Waals surface area contributed by atoms with E-state index < -0.39 is 20.5 Å². The van der Waals surface area contributed by atoms with E-state index in [0.29, 0.717) is 0 Å². The first kappa shape index (κ1) is 41.7. The summed E-state index contributed by atoms with van der Waals surface area (Å²) in [7, 11) is -9.89. The summed E-state index contributed by atoms with van der Waals surface area (Å²) < 4.78 is 67.9. The Morgan fingerprint density at radius 3 is 0.795 bits per heavy atom. The summed E-state index contributed by atoms with van der Waals surface area (Å²) >= 11 is 0. The zero-order chi connectivity index (χ0) is 30.8. The quantitative estimate of drug-likeness (QED) is 0.102. The van der Waals surface area contributed by atoms with Crippen LogP contribution in [0.1, 0.15) is 22.8 Å². The normalized spacial score (nSPS) is 10.9. The van der Waals surface area contributed by atoms with Gasteiger partial charge < -0.3 is 5.48 Å². The van der Waals surface area contributed by atoms with Crippen LogP contribution in [0.3, 0.4) is 0 Å². The molecule has 4 aromatic heterocycles. The number of rotatable bonds is 11. The Labute approximate surface area is 278 Å². The molecule has 15 nitrogen and oxygen atoms in total. The third kappa shape index (κ3) is 23.1. The van der Waals surface area contributed by atoms with Gasteiger partial charge in [-0.3, -0.25) is 29.7 Å². The van der Waals surface area contributed by atoms with Crippen LogP contribution in [0.2, 0.25) is 0 Å². The van der Waals surface area contributed by atoms with Crippen LogP contribution in [0.4, 0.5) is 0 Å². The molecule has 3 N–H and O–H groups in total. The molecule has 234 valence electrons. The van der Waals surface area contributed by atoms with E-state index in [1.807, 2.05) is 73.3 Å². The Kier molecular flexibility index (Phi) is 21.0. The minimum absolute atomic E-state index is 0. The molecule has 0 unspecified atom stereocenters. The van der Waals surface area contributed by atoms with Crippen molar-refractivity contribution in [2.45, 2.75) is 26.2 Å². The monoisotopic (exact) mass is 755 g/mol. The van der Waals surface area contributed by atoms with E-state index in [1.165, 1.54) is 0 Å². The molecule has 0 aliphatic carbocycles. The van der Waals surface area contributed by atoms with Crippen LogP contribution in [0.15, 0.2) is 97.6 Å². The van der Waals surface area contributed by atoms with E-state index in [0.717, 1.165) is 62.0 Å². The maximum Gasteiger partial charge on any atom is 2.00 e. The van der Waals surface area contributed by atoms with Gasteiger partial charge in [0.05, 0.1) is 22.8 Å². The largest absolute Gasteiger partial charge is 2.00 e. The van der Waals surface area contributed by atoms with E-state index in [2.05, 4.69) is 54.0 Å². The minimum atomic E-state index is -4.94.